The van der Waals surface area contributed by atoms with Crippen molar-refractivity contribution in [3.63, 3.8) is 0 Å². The van der Waals surface area contributed by atoms with Gasteiger partial charge in [0.1, 0.15) is 17.7 Å². The Morgan fingerprint density at radius 2 is 1.95 bits per heavy atom. The molecule has 2 aromatic heterocycles. The highest BCUT2D eigenvalue weighted by Crippen LogP contribution is 2.33. The third kappa shape index (κ3) is 5.39. The van der Waals surface area contributed by atoms with E-state index in [1.807, 2.05) is 6.92 Å². The molecule has 198 valence electrons. The van der Waals surface area contributed by atoms with Gasteiger partial charge in [0.15, 0.2) is 23.8 Å². The number of esters is 1. The van der Waals surface area contributed by atoms with E-state index in [1.165, 1.54) is 10.9 Å². The maximum absolute atomic E-state index is 12.4. The van der Waals surface area contributed by atoms with Crippen LogP contribution in [0.15, 0.2) is 6.33 Å². The van der Waals surface area contributed by atoms with E-state index in [9.17, 15) is 19.8 Å². The molecule has 3 aliphatic rings. The second-order valence-corrected chi connectivity index (χ2v) is 9.94. The van der Waals surface area contributed by atoms with Gasteiger partial charge in [-0.3, -0.25) is 14.2 Å². The Kier molecular flexibility index (Phi) is 7.28. The molecule has 3 fully saturated rings. The summed E-state index contributed by atoms with van der Waals surface area (Å²) in [7, 11) is 0. The molecule has 37 heavy (non-hydrogen) atoms. The zero-order chi connectivity index (χ0) is 26.1. The van der Waals surface area contributed by atoms with Crippen LogP contribution in [-0.4, -0.2) is 72.6 Å². The zero-order valence-corrected chi connectivity index (χ0v) is 20.7. The first-order chi connectivity index (χ1) is 17.9. The fraction of sp³-hybridized carbons (Fsp3) is 0.640. The van der Waals surface area contributed by atoms with E-state index in [-0.39, 0.29) is 35.2 Å². The number of nitrogens with zero attached hydrogens (tertiary/aromatic N) is 4. The Morgan fingerprint density at radius 3 is 2.65 bits per heavy atom. The van der Waals surface area contributed by atoms with E-state index >= 15 is 0 Å². The minimum absolute atomic E-state index is 0.0268. The largest absolute Gasteiger partial charge is 0.466 e. The number of aliphatic hydroxyl groups excluding tert-OH is 2. The van der Waals surface area contributed by atoms with Gasteiger partial charge < -0.3 is 30.7 Å². The van der Waals surface area contributed by atoms with Crippen LogP contribution in [-0.2, 0) is 19.1 Å². The van der Waals surface area contributed by atoms with E-state index in [4.69, 9.17) is 15.2 Å². The molecule has 12 heteroatoms. The molecule has 0 spiro atoms. The van der Waals surface area contributed by atoms with Crippen LogP contribution in [0.3, 0.4) is 0 Å². The van der Waals surface area contributed by atoms with Crippen molar-refractivity contribution in [1.29, 1.82) is 0 Å². The SMILES string of the molecule is CCOC(=O)C1CCC(CC#Cc2nc(N)c3ncn([C@@H]4O[C@H](C(=O)NC5CC5)C(O)[C@@H]4O)c3n2)CC1. The first kappa shape index (κ1) is 25.4. The molecule has 0 radical (unpaired) electrons. The molecule has 3 heterocycles. The number of ether oxygens (including phenoxy) is 2. The van der Waals surface area contributed by atoms with Gasteiger partial charge in [-0.1, -0.05) is 5.92 Å². The van der Waals surface area contributed by atoms with Crippen molar-refractivity contribution in [2.45, 2.75) is 82.5 Å². The van der Waals surface area contributed by atoms with Gasteiger partial charge in [0, 0.05) is 12.5 Å². The number of nitrogen functional groups attached to an aromatic ring is 1. The van der Waals surface area contributed by atoms with Gasteiger partial charge in [0.05, 0.1) is 18.9 Å². The molecule has 0 aromatic carbocycles. The number of amides is 1. The number of carbonyl (C=O) groups excluding carboxylic acids is 2. The third-order valence-corrected chi connectivity index (χ3v) is 7.20. The molecule has 1 amide bonds. The third-order valence-electron chi connectivity index (χ3n) is 7.20. The molecular weight excluding hydrogens is 480 g/mol. The number of fused-ring (bicyclic) bond motifs is 1. The molecular formula is C25H32N6O6. The quantitative estimate of drug-likeness (QED) is 0.313. The molecule has 4 atom stereocenters. The van der Waals surface area contributed by atoms with Crippen molar-refractivity contribution in [3.05, 3.63) is 12.2 Å². The van der Waals surface area contributed by atoms with E-state index in [0.717, 1.165) is 38.5 Å². The number of carbonyl (C=O) groups is 2. The Morgan fingerprint density at radius 1 is 1.19 bits per heavy atom. The first-order valence-corrected chi connectivity index (χ1v) is 12.8. The van der Waals surface area contributed by atoms with Crippen LogP contribution < -0.4 is 11.1 Å². The van der Waals surface area contributed by atoms with E-state index < -0.39 is 30.4 Å². The number of hydrogen-bond acceptors (Lipinski definition) is 10. The van der Waals surface area contributed by atoms with Gasteiger partial charge >= 0.3 is 5.97 Å². The highest BCUT2D eigenvalue weighted by atomic mass is 16.6. The lowest BCUT2D eigenvalue weighted by Gasteiger charge is -2.25. The molecule has 5 N–H and O–H groups in total. The van der Waals surface area contributed by atoms with E-state index in [1.54, 1.807) is 0 Å². The molecule has 2 aromatic rings. The summed E-state index contributed by atoms with van der Waals surface area (Å²) in [4.78, 5) is 37.3. The van der Waals surface area contributed by atoms with Gasteiger partial charge in [-0.15, -0.1) is 0 Å². The fourth-order valence-electron chi connectivity index (χ4n) is 4.93. The Hall–Kier alpha value is -3.27. The fourth-order valence-corrected chi connectivity index (χ4v) is 4.93. The lowest BCUT2D eigenvalue weighted by molar-refractivity contribution is -0.149. The summed E-state index contributed by atoms with van der Waals surface area (Å²) in [5.41, 5.74) is 6.68. The lowest BCUT2D eigenvalue weighted by atomic mass is 9.81. The number of hydrogen-bond donors (Lipinski definition) is 4. The number of nitrogens with one attached hydrogen (secondary N) is 1. The second kappa shape index (κ2) is 10.6. The number of aliphatic hydroxyl groups is 2. The molecule has 1 saturated heterocycles. The highest BCUT2D eigenvalue weighted by molar-refractivity contribution is 5.83. The maximum atomic E-state index is 12.4. The lowest BCUT2D eigenvalue weighted by Crippen LogP contribution is -2.43. The average molecular weight is 513 g/mol. The standard InChI is InChI=1S/C25H32N6O6/c1-2-36-25(35)14-8-6-13(7-9-14)4-3-5-16-29-21(26)17-22(30-16)31(12-27-17)24-19(33)18(32)20(37-24)23(34)28-15-10-11-15/h12-15,18-20,24,32-33H,2,4,6-11H2,1H3,(H,28,34)(H2,26,29,30)/t13?,14?,18?,19-,20-,24+/m0/s1. The topological polar surface area (TPSA) is 175 Å². The van der Waals surface area contributed by atoms with Gasteiger partial charge in [-0.05, 0) is 57.3 Å². The van der Waals surface area contributed by atoms with Crippen molar-refractivity contribution in [2.75, 3.05) is 12.3 Å². The molecule has 1 unspecified atom stereocenters. The summed E-state index contributed by atoms with van der Waals surface area (Å²) < 4.78 is 12.3. The van der Waals surface area contributed by atoms with Crippen molar-refractivity contribution in [3.8, 4) is 11.8 Å². The summed E-state index contributed by atoms with van der Waals surface area (Å²) in [6.45, 7) is 2.22. The van der Waals surface area contributed by atoms with E-state index in [0.29, 0.717) is 24.5 Å². The number of anilines is 1. The maximum Gasteiger partial charge on any atom is 0.308 e. The molecule has 12 nitrogen and oxygen atoms in total. The minimum atomic E-state index is -1.40. The normalized spacial score (nSPS) is 29.5. The predicted molar refractivity (Wildman–Crippen MR) is 130 cm³/mol. The molecule has 2 aliphatic carbocycles. The van der Waals surface area contributed by atoms with Crippen LogP contribution in [0.4, 0.5) is 5.82 Å². The van der Waals surface area contributed by atoms with E-state index in [2.05, 4.69) is 32.1 Å². The van der Waals surface area contributed by atoms with Crippen molar-refractivity contribution >= 4 is 28.9 Å². The van der Waals surface area contributed by atoms with Crippen LogP contribution in [0.5, 0.6) is 0 Å². The monoisotopic (exact) mass is 512 g/mol. The summed E-state index contributed by atoms with van der Waals surface area (Å²) in [5.74, 6) is 6.19. The molecule has 5 rings (SSSR count). The predicted octanol–water partition coefficient (Wildman–Crippen LogP) is 0.417. The van der Waals surface area contributed by atoms with Crippen molar-refractivity contribution < 1.29 is 29.3 Å². The van der Waals surface area contributed by atoms with Crippen LogP contribution in [0.1, 0.15) is 63.9 Å². The molecule has 0 bridgehead atoms. The van der Waals surface area contributed by atoms with Gasteiger partial charge in [0.2, 0.25) is 5.82 Å². The molecule has 2 saturated carbocycles. The van der Waals surface area contributed by atoms with Gasteiger partial charge in [-0.25, -0.2) is 15.0 Å². The van der Waals surface area contributed by atoms with Crippen LogP contribution in [0.25, 0.3) is 11.2 Å². The highest BCUT2D eigenvalue weighted by Gasteiger charge is 2.48. The van der Waals surface area contributed by atoms with Gasteiger partial charge in [-0.2, -0.15) is 0 Å². The number of rotatable bonds is 6. The molecule has 1 aliphatic heterocycles. The average Bonchev–Trinajstić information content (AvgIpc) is 3.52. The van der Waals surface area contributed by atoms with Crippen molar-refractivity contribution in [1.82, 2.24) is 24.8 Å². The summed E-state index contributed by atoms with van der Waals surface area (Å²) >= 11 is 0. The first-order valence-electron chi connectivity index (χ1n) is 12.8. The Balaban J connectivity index is 1.27. The number of aromatic nitrogens is 4. The Bertz CT molecular complexity index is 1230. The number of nitrogens with two attached hydrogens (primary N) is 1. The Labute approximate surface area is 214 Å². The summed E-state index contributed by atoms with van der Waals surface area (Å²) in [5, 5.41) is 23.9. The van der Waals surface area contributed by atoms with Crippen LogP contribution in [0.2, 0.25) is 0 Å². The summed E-state index contributed by atoms with van der Waals surface area (Å²) in [6.07, 6.45) is 2.15. The zero-order valence-electron chi connectivity index (χ0n) is 20.7. The minimum Gasteiger partial charge on any atom is -0.466 e. The summed E-state index contributed by atoms with van der Waals surface area (Å²) in [6, 6.07) is 0.0924. The number of imidazole rings is 1. The van der Waals surface area contributed by atoms with Crippen LogP contribution in [0, 0.1) is 23.7 Å². The van der Waals surface area contributed by atoms with Gasteiger partial charge in [0.25, 0.3) is 5.91 Å². The second-order valence-electron chi connectivity index (χ2n) is 9.94. The smallest absolute Gasteiger partial charge is 0.308 e. The van der Waals surface area contributed by atoms with Crippen LogP contribution >= 0.6 is 0 Å². The van der Waals surface area contributed by atoms with Crippen molar-refractivity contribution in [2.24, 2.45) is 11.8 Å².